The highest BCUT2D eigenvalue weighted by Crippen LogP contribution is 2.41. The lowest BCUT2D eigenvalue weighted by Crippen LogP contribution is -2.05. The summed E-state index contributed by atoms with van der Waals surface area (Å²) in [5.41, 5.74) is 1.17. The molecule has 0 fully saturated rings. The number of nitrogens with zero attached hydrogens (tertiary/aromatic N) is 1. The lowest BCUT2D eigenvalue weighted by molar-refractivity contribution is 0.0526. The van der Waals surface area contributed by atoms with Gasteiger partial charge in [0.15, 0.2) is 11.5 Å². The highest BCUT2D eigenvalue weighted by molar-refractivity contribution is 5.96. The predicted molar refractivity (Wildman–Crippen MR) is 77.6 cm³/mol. The quantitative estimate of drug-likeness (QED) is 0.759. The minimum atomic E-state index is -0.507. The molecule has 0 aliphatic rings. The van der Waals surface area contributed by atoms with Crippen molar-refractivity contribution in [3.8, 4) is 28.5 Å². The Balaban J connectivity index is 2.54. The van der Waals surface area contributed by atoms with E-state index in [0.717, 1.165) is 0 Å². The van der Waals surface area contributed by atoms with Crippen LogP contribution in [0, 0.1) is 0 Å². The number of rotatable bonds is 6. The predicted octanol–water partition coefficient (Wildman–Crippen LogP) is 2.54. The first-order chi connectivity index (χ1) is 10.7. The van der Waals surface area contributed by atoms with Gasteiger partial charge in [0.2, 0.25) is 5.75 Å². The van der Waals surface area contributed by atoms with Crippen LogP contribution >= 0.6 is 0 Å². The van der Waals surface area contributed by atoms with Crippen LogP contribution in [0.2, 0.25) is 0 Å². The van der Waals surface area contributed by atoms with Crippen LogP contribution in [0.3, 0.4) is 0 Å². The first-order valence-electron chi connectivity index (χ1n) is 6.58. The summed E-state index contributed by atoms with van der Waals surface area (Å²) < 4.78 is 25.7. The van der Waals surface area contributed by atoms with Gasteiger partial charge in [-0.2, -0.15) is 0 Å². The second kappa shape index (κ2) is 6.84. The van der Waals surface area contributed by atoms with E-state index in [9.17, 15) is 4.79 Å². The van der Waals surface area contributed by atoms with E-state index in [-0.39, 0.29) is 12.2 Å². The van der Waals surface area contributed by atoms with Gasteiger partial charge in [0.25, 0.3) is 0 Å². The number of carbonyl (C=O) groups excluding carboxylic acids is 1. The van der Waals surface area contributed by atoms with Crippen LogP contribution in [0.5, 0.6) is 17.2 Å². The Morgan fingerprint density at radius 3 is 2.27 bits per heavy atom. The molecule has 2 aromatic rings. The summed E-state index contributed by atoms with van der Waals surface area (Å²) in [6.45, 7) is 1.99. The third-order valence-corrected chi connectivity index (χ3v) is 3.00. The molecule has 0 saturated heterocycles. The number of esters is 1. The number of benzene rings is 1. The molecule has 0 aliphatic carbocycles. The van der Waals surface area contributed by atoms with Crippen molar-refractivity contribution in [1.82, 2.24) is 5.16 Å². The molecule has 0 saturated carbocycles. The molecule has 1 aromatic heterocycles. The molecule has 0 spiro atoms. The lowest BCUT2D eigenvalue weighted by atomic mass is 10.1. The van der Waals surface area contributed by atoms with E-state index >= 15 is 0 Å². The molecular formula is C15H17NO6. The average molecular weight is 307 g/mol. The van der Waals surface area contributed by atoms with Crippen LogP contribution in [0.25, 0.3) is 11.3 Å². The Morgan fingerprint density at radius 1 is 1.14 bits per heavy atom. The van der Waals surface area contributed by atoms with Crippen molar-refractivity contribution in [3.05, 3.63) is 24.0 Å². The molecule has 1 aromatic carbocycles. The van der Waals surface area contributed by atoms with Gasteiger partial charge in [-0.1, -0.05) is 5.16 Å². The molecule has 7 heteroatoms. The topological polar surface area (TPSA) is 80.0 Å². The second-order valence-electron chi connectivity index (χ2n) is 4.21. The average Bonchev–Trinajstić information content (AvgIpc) is 3.03. The summed E-state index contributed by atoms with van der Waals surface area (Å²) >= 11 is 0. The SMILES string of the molecule is CCOC(=O)c1conc1-c1cc(OC)c(OC)c(OC)c1. The molecular weight excluding hydrogens is 290 g/mol. The standard InChI is InChI=1S/C15H17NO6/c1-5-21-15(17)10-8-22-16-13(10)9-6-11(18-2)14(20-4)12(7-9)19-3/h6-8H,5H2,1-4H3. The van der Waals surface area contributed by atoms with Gasteiger partial charge >= 0.3 is 5.97 Å². The Labute approximate surface area is 127 Å². The van der Waals surface area contributed by atoms with Crippen LogP contribution in [-0.4, -0.2) is 39.1 Å². The van der Waals surface area contributed by atoms with Gasteiger partial charge in [0.1, 0.15) is 17.5 Å². The molecule has 0 atom stereocenters. The lowest BCUT2D eigenvalue weighted by Gasteiger charge is -2.13. The van der Waals surface area contributed by atoms with Crippen LogP contribution in [-0.2, 0) is 4.74 Å². The van der Waals surface area contributed by atoms with E-state index in [1.165, 1.54) is 27.6 Å². The molecule has 0 N–H and O–H groups in total. The monoisotopic (exact) mass is 307 g/mol. The molecule has 0 amide bonds. The summed E-state index contributed by atoms with van der Waals surface area (Å²) in [5.74, 6) is 0.853. The van der Waals surface area contributed by atoms with Crippen molar-refractivity contribution in [2.24, 2.45) is 0 Å². The van der Waals surface area contributed by atoms with Crippen molar-refractivity contribution in [3.63, 3.8) is 0 Å². The van der Waals surface area contributed by atoms with Crippen molar-refractivity contribution in [2.45, 2.75) is 6.92 Å². The van der Waals surface area contributed by atoms with Gasteiger partial charge in [-0.05, 0) is 19.1 Å². The highest BCUT2D eigenvalue weighted by atomic mass is 16.5. The molecule has 0 bridgehead atoms. The molecule has 2 rings (SSSR count). The Kier molecular flexibility index (Phi) is 4.88. The first-order valence-corrected chi connectivity index (χ1v) is 6.58. The molecule has 1 heterocycles. The number of hydrogen-bond donors (Lipinski definition) is 0. The first kappa shape index (κ1) is 15.7. The van der Waals surface area contributed by atoms with E-state index in [2.05, 4.69) is 5.16 Å². The summed E-state index contributed by atoms with van der Waals surface area (Å²) in [6, 6.07) is 3.36. The van der Waals surface area contributed by atoms with E-state index in [1.807, 2.05) is 0 Å². The van der Waals surface area contributed by atoms with Gasteiger partial charge in [0, 0.05) is 5.56 Å². The number of methoxy groups -OCH3 is 3. The largest absolute Gasteiger partial charge is 0.493 e. The molecule has 118 valence electrons. The smallest absolute Gasteiger partial charge is 0.343 e. The zero-order chi connectivity index (χ0) is 16.1. The third-order valence-electron chi connectivity index (χ3n) is 3.00. The van der Waals surface area contributed by atoms with Crippen molar-refractivity contribution in [2.75, 3.05) is 27.9 Å². The van der Waals surface area contributed by atoms with E-state index < -0.39 is 5.97 Å². The van der Waals surface area contributed by atoms with Crippen LogP contribution < -0.4 is 14.2 Å². The van der Waals surface area contributed by atoms with Crippen molar-refractivity contribution in [1.29, 1.82) is 0 Å². The normalized spacial score (nSPS) is 10.2. The van der Waals surface area contributed by atoms with Crippen LogP contribution in [0.15, 0.2) is 22.9 Å². The zero-order valence-electron chi connectivity index (χ0n) is 12.8. The molecule has 0 aliphatic heterocycles. The maximum absolute atomic E-state index is 11.9. The second-order valence-corrected chi connectivity index (χ2v) is 4.21. The van der Waals surface area contributed by atoms with Gasteiger partial charge in [-0.15, -0.1) is 0 Å². The fourth-order valence-electron chi connectivity index (χ4n) is 2.02. The number of ether oxygens (including phenoxy) is 4. The molecule has 22 heavy (non-hydrogen) atoms. The third kappa shape index (κ3) is 2.83. The number of hydrogen-bond acceptors (Lipinski definition) is 7. The van der Waals surface area contributed by atoms with Crippen LogP contribution in [0.1, 0.15) is 17.3 Å². The van der Waals surface area contributed by atoms with Gasteiger partial charge < -0.3 is 23.5 Å². The molecule has 7 nitrogen and oxygen atoms in total. The molecule has 0 unspecified atom stereocenters. The number of carbonyl (C=O) groups is 1. The van der Waals surface area contributed by atoms with Gasteiger partial charge in [0.05, 0.1) is 27.9 Å². The summed E-state index contributed by atoms with van der Waals surface area (Å²) in [5, 5.41) is 3.87. The van der Waals surface area contributed by atoms with Crippen molar-refractivity contribution >= 4 is 5.97 Å². The minimum Gasteiger partial charge on any atom is -0.493 e. The summed E-state index contributed by atoms with van der Waals surface area (Å²) in [7, 11) is 4.53. The Hall–Kier alpha value is -2.70. The van der Waals surface area contributed by atoms with Gasteiger partial charge in [-0.3, -0.25) is 0 Å². The maximum Gasteiger partial charge on any atom is 0.343 e. The Bertz CT molecular complexity index is 639. The zero-order valence-corrected chi connectivity index (χ0v) is 12.8. The fraction of sp³-hybridized carbons (Fsp3) is 0.333. The summed E-state index contributed by atoms with van der Waals surface area (Å²) in [4.78, 5) is 11.9. The highest BCUT2D eigenvalue weighted by Gasteiger charge is 2.22. The van der Waals surface area contributed by atoms with Crippen LogP contribution in [0.4, 0.5) is 0 Å². The number of aromatic nitrogens is 1. The Morgan fingerprint density at radius 2 is 1.77 bits per heavy atom. The maximum atomic E-state index is 11.9. The van der Waals surface area contributed by atoms with Crippen molar-refractivity contribution < 1.29 is 28.3 Å². The minimum absolute atomic E-state index is 0.233. The van der Waals surface area contributed by atoms with Gasteiger partial charge in [-0.25, -0.2) is 4.79 Å². The van der Waals surface area contributed by atoms with E-state index in [1.54, 1.807) is 19.1 Å². The fourth-order valence-corrected chi connectivity index (χ4v) is 2.02. The van der Waals surface area contributed by atoms with E-state index in [0.29, 0.717) is 28.5 Å². The summed E-state index contributed by atoms with van der Waals surface area (Å²) in [6.07, 6.45) is 1.25. The molecule has 0 radical (unpaired) electrons. The van der Waals surface area contributed by atoms with E-state index in [4.69, 9.17) is 23.5 Å².